The van der Waals surface area contributed by atoms with Crippen molar-refractivity contribution in [1.29, 1.82) is 0 Å². The number of fused-ring (bicyclic) bond motifs is 2. The first-order chi connectivity index (χ1) is 13.6. The number of hydrogen-bond acceptors (Lipinski definition) is 5. The van der Waals surface area contributed by atoms with E-state index in [9.17, 15) is 9.90 Å². The average Bonchev–Trinajstić information content (AvgIpc) is 3.18. The monoisotopic (exact) mass is 382 g/mol. The zero-order valence-electron chi connectivity index (χ0n) is 16.0. The molecule has 6 heteroatoms. The summed E-state index contributed by atoms with van der Waals surface area (Å²) in [5, 5.41) is 16.8. The summed E-state index contributed by atoms with van der Waals surface area (Å²) in [6.45, 7) is 2.92. The molecule has 0 aliphatic carbocycles. The molecule has 148 valence electrons. The highest BCUT2D eigenvalue weighted by molar-refractivity contribution is 5.93. The number of aryl methyl sites for hydroxylation is 2. The van der Waals surface area contributed by atoms with Gasteiger partial charge in [-0.3, -0.25) is 4.79 Å². The minimum absolute atomic E-state index is 0.0544. The maximum absolute atomic E-state index is 11.5. The summed E-state index contributed by atoms with van der Waals surface area (Å²) in [5.41, 5.74) is 4.05. The lowest BCUT2D eigenvalue weighted by atomic mass is 9.98. The van der Waals surface area contributed by atoms with Crippen LogP contribution in [-0.2, 0) is 17.6 Å². The average molecular weight is 382 g/mol. The second-order valence-electron chi connectivity index (χ2n) is 7.52. The highest BCUT2D eigenvalue weighted by atomic mass is 16.7. The summed E-state index contributed by atoms with van der Waals surface area (Å²) in [5.74, 6) is 1.68. The molecule has 0 saturated carbocycles. The van der Waals surface area contributed by atoms with Gasteiger partial charge in [0, 0.05) is 24.7 Å². The number of aliphatic hydroxyl groups excluding tert-OH is 1. The van der Waals surface area contributed by atoms with Crippen LogP contribution in [-0.4, -0.2) is 30.4 Å². The van der Waals surface area contributed by atoms with Crippen LogP contribution in [0.25, 0.3) is 0 Å². The lowest BCUT2D eigenvalue weighted by Gasteiger charge is -2.21. The Morgan fingerprint density at radius 2 is 2.00 bits per heavy atom. The lowest BCUT2D eigenvalue weighted by molar-refractivity contribution is -0.116. The van der Waals surface area contributed by atoms with E-state index in [2.05, 4.69) is 23.6 Å². The van der Waals surface area contributed by atoms with Gasteiger partial charge in [0.15, 0.2) is 11.5 Å². The van der Waals surface area contributed by atoms with Crippen molar-refractivity contribution in [1.82, 2.24) is 5.32 Å². The standard InChI is InChI=1S/C22H26N2O4/c1-14(2-3-15-4-8-20-21(10-15)28-13-27-20)23-12-19(25)17-5-7-18-16(11-17)6-9-22(26)24-18/h4-5,7-8,10-11,14,19,23,25H,2-3,6,9,12-13H2,1H3,(H,24,26). The summed E-state index contributed by atoms with van der Waals surface area (Å²) in [4.78, 5) is 11.5. The third-order valence-electron chi connectivity index (χ3n) is 5.37. The minimum atomic E-state index is -0.573. The molecule has 2 unspecified atom stereocenters. The third kappa shape index (κ3) is 4.29. The van der Waals surface area contributed by atoms with Gasteiger partial charge in [0.2, 0.25) is 12.7 Å². The van der Waals surface area contributed by atoms with Gasteiger partial charge in [-0.15, -0.1) is 0 Å². The lowest BCUT2D eigenvalue weighted by Crippen LogP contribution is -2.31. The van der Waals surface area contributed by atoms with Crippen molar-refractivity contribution in [3.63, 3.8) is 0 Å². The Balaban J connectivity index is 1.26. The molecule has 1 amide bonds. The van der Waals surface area contributed by atoms with Gasteiger partial charge < -0.3 is 25.2 Å². The summed E-state index contributed by atoms with van der Waals surface area (Å²) in [7, 11) is 0. The molecule has 2 aromatic rings. The van der Waals surface area contributed by atoms with Crippen molar-refractivity contribution < 1.29 is 19.4 Å². The SMILES string of the molecule is CC(CCc1ccc2c(c1)OCO2)NCC(O)c1ccc2c(c1)CCC(=O)N2. The van der Waals surface area contributed by atoms with Crippen LogP contribution in [0, 0.1) is 0 Å². The third-order valence-corrected chi connectivity index (χ3v) is 5.37. The van der Waals surface area contributed by atoms with E-state index >= 15 is 0 Å². The first kappa shape index (κ1) is 18.8. The van der Waals surface area contributed by atoms with Crippen LogP contribution in [0.4, 0.5) is 5.69 Å². The fraction of sp³-hybridized carbons (Fsp3) is 0.409. The van der Waals surface area contributed by atoms with Gasteiger partial charge in [-0.2, -0.15) is 0 Å². The molecule has 0 spiro atoms. The van der Waals surface area contributed by atoms with Gasteiger partial charge >= 0.3 is 0 Å². The summed E-state index contributed by atoms with van der Waals surface area (Å²) >= 11 is 0. The molecule has 0 aromatic heterocycles. The molecule has 0 radical (unpaired) electrons. The number of carbonyl (C=O) groups is 1. The Morgan fingerprint density at radius 1 is 1.14 bits per heavy atom. The quantitative estimate of drug-likeness (QED) is 0.686. The molecule has 4 rings (SSSR count). The van der Waals surface area contributed by atoms with Crippen molar-refractivity contribution >= 4 is 11.6 Å². The van der Waals surface area contributed by atoms with E-state index in [0.29, 0.717) is 19.8 Å². The molecule has 3 N–H and O–H groups in total. The molecule has 2 atom stereocenters. The molecule has 2 aliphatic rings. The highest BCUT2D eigenvalue weighted by Gasteiger charge is 2.18. The molecule has 0 bridgehead atoms. The van der Waals surface area contributed by atoms with Crippen molar-refractivity contribution in [2.45, 2.75) is 44.8 Å². The molecule has 2 aromatic carbocycles. The predicted octanol–water partition coefficient (Wildman–Crippen LogP) is 2.94. The van der Waals surface area contributed by atoms with Crippen molar-refractivity contribution in [3.05, 3.63) is 53.1 Å². The number of benzene rings is 2. The van der Waals surface area contributed by atoms with Crippen molar-refractivity contribution in [3.8, 4) is 11.5 Å². The molecule has 0 fully saturated rings. The maximum atomic E-state index is 11.5. The smallest absolute Gasteiger partial charge is 0.231 e. The fourth-order valence-corrected chi connectivity index (χ4v) is 3.62. The second-order valence-corrected chi connectivity index (χ2v) is 7.52. The van der Waals surface area contributed by atoms with E-state index in [1.165, 1.54) is 5.56 Å². The summed E-state index contributed by atoms with van der Waals surface area (Å²) in [6, 6.07) is 12.1. The summed E-state index contributed by atoms with van der Waals surface area (Å²) < 4.78 is 10.8. The van der Waals surface area contributed by atoms with Gasteiger partial charge in [-0.05, 0) is 61.1 Å². The molecule has 6 nitrogen and oxygen atoms in total. The predicted molar refractivity (Wildman–Crippen MR) is 107 cm³/mol. The maximum Gasteiger partial charge on any atom is 0.231 e. The van der Waals surface area contributed by atoms with E-state index in [1.807, 2.05) is 30.3 Å². The van der Waals surface area contributed by atoms with Crippen molar-refractivity contribution in [2.75, 3.05) is 18.7 Å². The largest absolute Gasteiger partial charge is 0.454 e. The zero-order valence-corrected chi connectivity index (χ0v) is 16.0. The topological polar surface area (TPSA) is 79.8 Å². The van der Waals surface area contributed by atoms with E-state index in [1.54, 1.807) is 0 Å². The van der Waals surface area contributed by atoms with Crippen LogP contribution in [0.5, 0.6) is 11.5 Å². The Morgan fingerprint density at radius 3 is 2.89 bits per heavy atom. The van der Waals surface area contributed by atoms with Crippen LogP contribution in [0.15, 0.2) is 36.4 Å². The number of hydrogen-bond donors (Lipinski definition) is 3. The molecular formula is C22H26N2O4. The number of ether oxygens (including phenoxy) is 2. The van der Waals surface area contributed by atoms with Gasteiger partial charge in [-0.25, -0.2) is 0 Å². The van der Waals surface area contributed by atoms with Crippen LogP contribution in [0.2, 0.25) is 0 Å². The zero-order chi connectivity index (χ0) is 19.5. The van der Waals surface area contributed by atoms with Gasteiger partial charge in [0.1, 0.15) is 0 Å². The van der Waals surface area contributed by atoms with E-state index in [0.717, 1.165) is 47.6 Å². The molecule has 28 heavy (non-hydrogen) atoms. The van der Waals surface area contributed by atoms with Crippen LogP contribution in [0.3, 0.4) is 0 Å². The van der Waals surface area contributed by atoms with Gasteiger partial charge in [0.05, 0.1) is 6.10 Å². The van der Waals surface area contributed by atoms with Crippen LogP contribution in [0.1, 0.15) is 42.6 Å². The van der Waals surface area contributed by atoms with Crippen LogP contribution < -0.4 is 20.1 Å². The number of aliphatic hydroxyl groups is 1. The van der Waals surface area contributed by atoms with E-state index in [-0.39, 0.29) is 11.9 Å². The van der Waals surface area contributed by atoms with E-state index in [4.69, 9.17) is 9.47 Å². The molecule has 0 saturated heterocycles. The summed E-state index contributed by atoms with van der Waals surface area (Å²) in [6.07, 6.45) is 2.54. The highest BCUT2D eigenvalue weighted by Crippen LogP contribution is 2.33. The molecular weight excluding hydrogens is 356 g/mol. The Kier molecular flexibility index (Phi) is 5.50. The normalized spacial score (nSPS) is 17.0. The minimum Gasteiger partial charge on any atom is -0.454 e. The first-order valence-corrected chi connectivity index (χ1v) is 9.81. The molecule has 2 aliphatic heterocycles. The Labute approximate surface area is 164 Å². The van der Waals surface area contributed by atoms with Crippen LogP contribution >= 0.6 is 0 Å². The van der Waals surface area contributed by atoms with Gasteiger partial charge in [-0.1, -0.05) is 18.2 Å². The fourth-order valence-electron chi connectivity index (χ4n) is 3.62. The number of amides is 1. The number of rotatable bonds is 7. The Bertz CT molecular complexity index is 868. The number of carbonyl (C=O) groups excluding carboxylic acids is 1. The number of anilines is 1. The molecule has 2 heterocycles. The number of nitrogens with one attached hydrogen (secondary N) is 2. The van der Waals surface area contributed by atoms with Crippen molar-refractivity contribution in [2.24, 2.45) is 0 Å². The van der Waals surface area contributed by atoms with E-state index < -0.39 is 6.10 Å². The van der Waals surface area contributed by atoms with Gasteiger partial charge in [0.25, 0.3) is 0 Å². The first-order valence-electron chi connectivity index (χ1n) is 9.81. The second kappa shape index (κ2) is 8.20. The Hall–Kier alpha value is -2.57.